The highest BCUT2D eigenvalue weighted by molar-refractivity contribution is 5.38. The zero-order valence-corrected chi connectivity index (χ0v) is 9.23. The van der Waals surface area contributed by atoms with E-state index in [2.05, 4.69) is 25.6 Å². The number of ether oxygens (including phenoxy) is 1. The lowest BCUT2D eigenvalue weighted by Crippen LogP contribution is -2.12. The fourth-order valence-corrected chi connectivity index (χ4v) is 1.40. The number of hydrogen-bond donors (Lipinski definition) is 2. The molecular weight excluding hydrogens is 206 g/mol. The molecule has 2 aliphatic carbocycles. The van der Waals surface area contributed by atoms with Gasteiger partial charge in [-0.05, 0) is 25.7 Å². The first-order chi connectivity index (χ1) is 7.83. The molecule has 0 unspecified atom stereocenters. The van der Waals surface area contributed by atoms with Crippen LogP contribution in [-0.4, -0.2) is 34.1 Å². The molecule has 2 N–H and O–H groups in total. The third-order valence-corrected chi connectivity index (χ3v) is 2.62. The van der Waals surface area contributed by atoms with Gasteiger partial charge in [0.25, 0.3) is 0 Å². The van der Waals surface area contributed by atoms with Gasteiger partial charge in [-0.1, -0.05) is 0 Å². The predicted octanol–water partition coefficient (Wildman–Crippen LogP) is 1.03. The van der Waals surface area contributed by atoms with E-state index in [0.717, 1.165) is 0 Å². The van der Waals surface area contributed by atoms with E-state index in [1.54, 1.807) is 7.11 Å². The maximum absolute atomic E-state index is 5.06. The number of aromatic nitrogens is 3. The van der Waals surface area contributed by atoms with Crippen LogP contribution < -0.4 is 15.4 Å². The molecule has 2 saturated carbocycles. The Kier molecular flexibility index (Phi) is 2.27. The Morgan fingerprint density at radius 1 is 0.938 bits per heavy atom. The summed E-state index contributed by atoms with van der Waals surface area (Å²) in [5.74, 6) is 1.22. The van der Waals surface area contributed by atoms with Crippen molar-refractivity contribution in [3.63, 3.8) is 0 Å². The third kappa shape index (κ3) is 2.32. The zero-order chi connectivity index (χ0) is 11.0. The summed E-state index contributed by atoms with van der Waals surface area (Å²) in [7, 11) is 1.57. The second-order valence-corrected chi connectivity index (χ2v) is 4.31. The standard InChI is InChI=1S/C10H15N5O/c1-16-10-14-8(11-6-2-3-6)13-9(15-10)12-7-4-5-7/h6-7H,2-5H2,1H3,(H2,11,12,13,14,15). The molecule has 1 heterocycles. The monoisotopic (exact) mass is 221 g/mol. The van der Waals surface area contributed by atoms with Crippen LogP contribution >= 0.6 is 0 Å². The number of nitrogens with zero attached hydrogens (tertiary/aromatic N) is 3. The van der Waals surface area contributed by atoms with E-state index in [-0.39, 0.29) is 0 Å². The summed E-state index contributed by atoms with van der Waals surface area (Å²) in [5.41, 5.74) is 0. The third-order valence-electron chi connectivity index (χ3n) is 2.62. The smallest absolute Gasteiger partial charge is 0.322 e. The van der Waals surface area contributed by atoms with Crippen LogP contribution in [0.2, 0.25) is 0 Å². The minimum absolute atomic E-state index is 0.362. The summed E-state index contributed by atoms with van der Waals surface area (Å²) in [5, 5.41) is 6.48. The molecule has 86 valence electrons. The van der Waals surface area contributed by atoms with Gasteiger partial charge in [0.1, 0.15) is 0 Å². The topological polar surface area (TPSA) is 72.0 Å². The molecule has 2 fully saturated rings. The Balaban J connectivity index is 1.78. The lowest BCUT2D eigenvalue weighted by Gasteiger charge is -2.07. The van der Waals surface area contributed by atoms with Crippen molar-refractivity contribution < 1.29 is 4.74 Å². The Labute approximate surface area is 93.8 Å². The van der Waals surface area contributed by atoms with Crippen molar-refractivity contribution in [2.75, 3.05) is 17.7 Å². The molecule has 6 heteroatoms. The number of nitrogens with one attached hydrogen (secondary N) is 2. The molecule has 3 rings (SSSR count). The summed E-state index contributed by atoms with van der Waals surface area (Å²) in [6.45, 7) is 0. The van der Waals surface area contributed by atoms with E-state index in [1.807, 2.05) is 0 Å². The van der Waals surface area contributed by atoms with Crippen LogP contribution in [-0.2, 0) is 0 Å². The molecule has 0 amide bonds. The molecule has 0 saturated heterocycles. The first-order valence-electron chi connectivity index (χ1n) is 5.66. The minimum Gasteiger partial charge on any atom is -0.467 e. The Hall–Kier alpha value is -1.59. The molecular formula is C10H15N5O. The van der Waals surface area contributed by atoms with Crippen LogP contribution in [0.25, 0.3) is 0 Å². The SMILES string of the molecule is COc1nc(NC2CC2)nc(NC2CC2)n1. The molecule has 0 spiro atoms. The fraction of sp³-hybridized carbons (Fsp3) is 0.700. The van der Waals surface area contributed by atoms with E-state index in [0.29, 0.717) is 30.0 Å². The molecule has 0 radical (unpaired) electrons. The Morgan fingerprint density at radius 3 is 1.81 bits per heavy atom. The van der Waals surface area contributed by atoms with Crippen molar-refractivity contribution in [1.29, 1.82) is 0 Å². The normalized spacial score (nSPS) is 19.3. The predicted molar refractivity (Wildman–Crippen MR) is 59.7 cm³/mol. The number of rotatable bonds is 5. The van der Waals surface area contributed by atoms with E-state index in [1.165, 1.54) is 25.7 Å². The van der Waals surface area contributed by atoms with Gasteiger partial charge in [0.05, 0.1) is 7.11 Å². The zero-order valence-electron chi connectivity index (χ0n) is 9.23. The first kappa shape index (κ1) is 9.62. The van der Waals surface area contributed by atoms with Crippen molar-refractivity contribution in [3.05, 3.63) is 0 Å². The number of anilines is 2. The van der Waals surface area contributed by atoms with Crippen LogP contribution in [0, 0.1) is 0 Å². The highest BCUT2D eigenvalue weighted by Gasteiger charge is 2.25. The summed E-state index contributed by atoms with van der Waals surface area (Å²) < 4.78 is 5.06. The van der Waals surface area contributed by atoms with Crippen molar-refractivity contribution in [2.45, 2.75) is 37.8 Å². The highest BCUT2D eigenvalue weighted by Crippen LogP contribution is 2.26. The molecule has 1 aromatic rings. The van der Waals surface area contributed by atoms with Crippen molar-refractivity contribution >= 4 is 11.9 Å². The van der Waals surface area contributed by atoms with Gasteiger partial charge in [-0.15, -0.1) is 0 Å². The van der Waals surface area contributed by atoms with Crippen molar-refractivity contribution in [1.82, 2.24) is 15.0 Å². The quantitative estimate of drug-likeness (QED) is 0.773. The lowest BCUT2D eigenvalue weighted by molar-refractivity contribution is 0.379. The summed E-state index contributed by atoms with van der Waals surface area (Å²) in [4.78, 5) is 12.6. The van der Waals surface area contributed by atoms with Crippen LogP contribution in [0.5, 0.6) is 6.01 Å². The average Bonchev–Trinajstić information content (AvgIpc) is 3.13. The lowest BCUT2D eigenvalue weighted by atomic mass is 10.6. The summed E-state index contributed by atoms with van der Waals surface area (Å²) in [6, 6.07) is 1.42. The average molecular weight is 221 g/mol. The first-order valence-corrected chi connectivity index (χ1v) is 5.66. The number of methoxy groups -OCH3 is 1. The van der Waals surface area contributed by atoms with Crippen LogP contribution in [0.1, 0.15) is 25.7 Å². The molecule has 0 aliphatic heterocycles. The molecule has 1 aromatic heterocycles. The van der Waals surface area contributed by atoms with Gasteiger partial charge in [-0.3, -0.25) is 0 Å². The van der Waals surface area contributed by atoms with E-state index < -0.39 is 0 Å². The van der Waals surface area contributed by atoms with Crippen LogP contribution in [0.3, 0.4) is 0 Å². The van der Waals surface area contributed by atoms with Gasteiger partial charge in [-0.2, -0.15) is 15.0 Å². The summed E-state index contributed by atoms with van der Waals surface area (Å²) >= 11 is 0. The second kappa shape index (κ2) is 3.77. The molecule has 16 heavy (non-hydrogen) atoms. The fourth-order valence-electron chi connectivity index (χ4n) is 1.40. The van der Waals surface area contributed by atoms with Gasteiger partial charge in [0.15, 0.2) is 0 Å². The summed E-state index contributed by atoms with van der Waals surface area (Å²) in [6.07, 6.45) is 4.78. The number of hydrogen-bond acceptors (Lipinski definition) is 6. The molecule has 2 aliphatic rings. The Morgan fingerprint density at radius 2 is 1.44 bits per heavy atom. The van der Waals surface area contributed by atoms with Crippen LogP contribution in [0.4, 0.5) is 11.9 Å². The highest BCUT2D eigenvalue weighted by atomic mass is 16.5. The van der Waals surface area contributed by atoms with Crippen LogP contribution in [0.15, 0.2) is 0 Å². The molecule has 0 bridgehead atoms. The van der Waals surface area contributed by atoms with Gasteiger partial charge in [-0.25, -0.2) is 0 Å². The van der Waals surface area contributed by atoms with Crippen molar-refractivity contribution in [3.8, 4) is 6.01 Å². The maximum atomic E-state index is 5.06. The Bertz CT molecular complexity index is 357. The van der Waals surface area contributed by atoms with Gasteiger partial charge >= 0.3 is 6.01 Å². The van der Waals surface area contributed by atoms with Gasteiger partial charge < -0.3 is 15.4 Å². The molecule has 0 aromatic carbocycles. The van der Waals surface area contributed by atoms with Gasteiger partial charge in [0.2, 0.25) is 11.9 Å². The van der Waals surface area contributed by atoms with Crippen molar-refractivity contribution in [2.24, 2.45) is 0 Å². The minimum atomic E-state index is 0.362. The van der Waals surface area contributed by atoms with E-state index in [4.69, 9.17) is 4.74 Å². The van der Waals surface area contributed by atoms with Gasteiger partial charge in [0, 0.05) is 12.1 Å². The molecule has 0 atom stereocenters. The van der Waals surface area contributed by atoms with E-state index in [9.17, 15) is 0 Å². The van der Waals surface area contributed by atoms with E-state index >= 15 is 0 Å². The largest absolute Gasteiger partial charge is 0.467 e. The second-order valence-electron chi connectivity index (χ2n) is 4.31. The maximum Gasteiger partial charge on any atom is 0.322 e. The molecule has 6 nitrogen and oxygen atoms in total.